The Kier molecular flexibility index (Phi) is 11.1. The van der Waals surface area contributed by atoms with E-state index in [-0.39, 0.29) is 44.5 Å². The number of carbonyl (C=O) groups is 2. The highest BCUT2D eigenvalue weighted by Crippen LogP contribution is 2.31. The van der Waals surface area contributed by atoms with Gasteiger partial charge in [0.25, 0.3) is 10.0 Å². The first kappa shape index (κ1) is 32.0. The SMILES string of the molecule is CCNC(=O)C(CC)N(Cc1ccc(Cl)c(Cl)c1)C(=O)CN(c1cc(Cl)cc(Cl)c1)S(=O)(=O)c1ccc(C)cc1. The van der Waals surface area contributed by atoms with Gasteiger partial charge < -0.3 is 10.2 Å². The van der Waals surface area contributed by atoms with E-state index in [2.05, 4.69) is 5.32 Å². The van der Waals surface area contributed by atoms with Crippen molar-refractivity contribution in [3.05, 3.63) is 91.9 Å². The van der Waals surface area contributed by atoms with Crippen LogP contribution < -0.4 is 9.62 Å². The van der Waals surface area contributed by atoms with E-state index in [4.69, 9.17) is 46.4 Å². The minimum atomic E-state index is -4.25. The maximum atomic E-state index is 14.0. The van der Waals surface area contributed by atoms with E-state index in [9.17, 15) is 18.0 Å². The number of carbonyl (C=O) groups excluding carboxylic acids is 2. The molecular weight excluding hydrogens is 616 g/mol. The van der Waals surface area contributed by atoms with Crippen molar-refractivity contribution in [3.8, 4) is 0 Å². The van der Waals surface area contributed by atoms with Crippen LogP contribution in [0.5, 0.6) is 0 Å². The summed E-state index contributed by atoms with van der Waals surface area (Å²) in [7, 11) is -4.25. The second-order valence-corrected chi connectivity index (χ2v) is 12.6. The van der Waals surface area contributed by atoms with Gasteiger partial charge in [0.05, 0.1) is 20.6 Å². The molecule has 214 valence electrons. The molecule has 1 N–H and O–H groups in total. The Labute approximate surface area is 255 Å². The Balaban J connectivity index is 2.10. The summed E-state index contributed by atoms with van der Waals surface area (Å²) in [6.45, 7) is 5.10. The quantitative estimate of drug-likeness (QED) is 0.250. The van der Waals surface area contributed by atoms with Crippen molar-refractivity contribution >= 4 is 73.9 Å². The average molecular weight is 645 g/mol. The van der Waals surface area contributed by atoms with Crippen LogP contribution in [0.15, 0.2) is 65.6 Å². The van der Waals surface area contributed by atoms with Crippen molar-refractivity contribution in [1.29, 1.82) is 0 Å². The predicted molar refractivity (Wildman–Crippen MR) is 162 cm³/mol. The average Bonchev–Trinajstić information content (AvgIpc) is 2.88. The van der Waals surface area contributed by atoms with Gasteiger partial charge in [0, 0.05) is 23.1 Å². The van der Waals surface area contributed by atoms with E-state index >= 15 is 0 Å². The van der Waals surface area contributed by atoms with E-state index < -0.39 is 28.5 Å². The monoisotopic (exact) mass is 643 g/mol. The standard InChI is InChI=1S/C28H29Cl4N3O4S/c1-4-26(28(37)33-5-2)34(16-19-8-11-24(31)25(32)12-19)27(36)17-35(22-14-20(29)13-21(30)15-22)40(38,39)23-9-6-18(3)7-10-23/h6-15,26H,4-5,16-17H2,1-3H3,(H,33,37). The molecule has 3 aromatic carbocycles. The van der Waals surface area contributed by atoms with Crippen LogP contribution in [0.2, 0.25) is 20.1 Å². The van der Waals surface area contributed by atoms with Gasteiger partial charge in [-0.2, -0.15) is 0 Å². The Morgan fingerprint density at radius 1 is 0.875 bits per heavy atom. The molecule has 1 atom stereocenters. The van der Waals surface area contributed by atoms with E-state index in [0.717, 1.165) is 9.87 Å². The van der Waals surface area contributed by atoms with Crippen molar-refractivity contribution in [2.75, 3.05) is 17.4 Å². The molecule has 3 rings (SSSR count). The highest BCUT2D eigenvalue weighted by molar-refractivity contribution is 7.92. The van der Waals surface area contributed by atoms with Gasteiger partial charge in [-0.3, -0.25) is 13.9 Å². The molecule has 12 heteroatoms. The first-order chi connectivity index (χ1) is 18.9. The molecule has 3 aromatic rings. The fourth-order valence-electron chi connectivity index (χ4n) is 4.10. The van der Waals surface area contributed by atoms with Gasteiger partial charge in [-0.1, -0.05) is 77.1 Å². The van der Waals surface area contributed by atoms with Crippen LogP contribution in [0.4, 0.5) is 5.69 Å². The molecule has 0 aliphatic heterocycles. The number of hydrogen-bond acceptors (Lipinski definition) is 4. The summed E-state index contributed by atoms with van der Waals surface area (Å²) in [5.74, 6) is -0.979. The van der Waals surface area contributed by atoms with E-state index in [1.54, 1.807) is 44.2 Å². The lowest BCUT2D eigenvalue weighted by molar-refractivity contribution is -0.140. The van der Waals surface area contributed by atoms with E-state index in [1.807, 2.05) is 6.92 Å². The lowest BCUT2D eigenvalue weighted by atomic mass is 10.1. The van der Waals surface area contributed by atoms with Crippen LogP contribution in [0.1, 0.15) is 31.4 Å². The summed E-state index contributed by atoms with van der Waals surface area (Å²) in [5, 5.41) is 3.77. The molecule has 40 heavy (non-hydrogen) atoms. The Morgan fingerprint density at radius 2 is 1.50 bits per heavy atom. The zero-order chi connectivity index (χ0) is 29.6. The van der Waals surface area contributed by atoms with Crippen molar-refractivity contribution in [2.24, 2.45) is 0 Å². The molecule has 0 saturated heterocycles. The Morgan fingerprint density at radius 3 is 2.05 bits per heavy atom. The zero-order valence-electron chi connectivity index (χ0n) is 22.1. The number of benzene rings is 3. The number of likely N-dealkylation sites (N-methyl/N-ethyl adjacent to an activating group) is 1. The van der Waals surface area contributed by atoms with Crippen molar-refractivity contribution in [1.82, 2.24) is 10.2 Å². The summed E-state index contributed by atoms with van der Waals surface area (Å²) in [6, 6.07) is 14.6. The maximum Gasteiger partial charge on any atom is 0.264 e. The van der Waals surface area contributed by atoms with Crippen LogP contribution in [-0.4, -0.2) is 44.3 Å². The zero-order valence-corrected chi connectivity index (χ0v) is 26.0. The van der Waals surface area contributed by atoms with Gasteiger partial charge in [-0.15, -0.1) is 0 Å². The van der Waals surface area contributed by atoms with Gasteiger partial charge in [0.2, 0.25) is 11.8 Å². The van der Waals surface area contributed by atoms with E-state index in [1.165, 1.54) is 35.2 Å². The number of hydrogen-bond donors (Lipinski definition) is 1. The smallest absolute Gasteiger partial charge is 0.264 e. The molecule has 0 aliphatic rings. The van der Waals surface area contributed by atoms with Gasteiger partial charge >= 0.3 is 0 Å². The second-order valence-electron chi connectivity index (χ2n) is 9.04. The number of amides is 2. The molecule has 0 bridgehead atoms. The Bertz CT molecular complexity index is 1460. The van der Waals surface area contributed by atoms with Gasteiger partial charge in [-0.05, 0) is 68.3 Å². The topological polar surface area (TPSA) is 86.8 Å². The van der Waals surface area contributed by atoms with Crippen LogP contribution in [0.3, 0.4) is 0 Å². The molecule has 2 amide bonds. The first-order valence-corrected chi connectivity index (χ1v) is 15.4. The normalized spacial score (nSPS) is 12.1. The van der Waals surface area contributed by atoms with Gasteiger partial charge in [0.15, 0.2) is 0 Å². The highest BCUT2D eigenvalue weighted by Gasteiger charge is 2.34. The highest BCUT2D eigenvalue weighted by atomic mass is 35.5. The third-order valence-electron chi connectivity index (χ3n) is 6.10. The lowest BCUT2D eigenvalue weighted by Gasteiger charge is -2.33. The summed E-state index contributed by atoms with van der Waals surface area (Å²) in [4.78, 5) is 28.3. The Hall–Kier alpha value is -2.49. The molecule has 0 heterocycles. The van der Waals surface area contributed by atoms with Crippen LogP contribution in [-0.2, 0) is 26.2 Å². The molecule has 0 aliphatic carbocycles. The van der Waals surface area contributed by atoms with Crippen molar-refractivity contribution in [3.63, 3.8) is 0 Å². The summed E-state index contributed by atoms with van der Waals surface area (Å²) in [5.41, 5.74) is 1.59. The summed E-state index contributed by atoms with van der Waals surface area (Å²) >= 11 is 24.7. The number of halogens is 4. The minimum absolute atomic E-state index is 0.0138. The fraction of sp³-hybridized carbons (Fsp3) is 0.286. The van der Waals surface area contributed by atoms with Crippen LogP contribution in [0, 0.1) is 6.92 Å². The number of anilines is 1. The van der Waals surface area contributed by atoms with Gasteiger partial charge in [0.1, 0.15) is 12.6 Å². The number of aryl methyl sites for hydroxylation is 1. The fourth-order valence-corrected chi connectivity index (χ4v) is 6.33. The maximum absolute atomic E-state index is 14.0. The number of rotatable bonds is 11. The van der Waals surface area contributed by atoms with Crippen molar-refractivity contribution < 1.29 is 18.0 Å². The minimum Gasteiger partial charge on any atom is -0.355 e. The number of nitrogens with zero attached hydrogens (tertiary/aromatic N) is 2. The summed E-state index contributed by atoms with van der Waals surface area (Å²) < 4.78 is 28.7. The molecule has 0 spiro atoms. The molecule has 0 fully saturated rings. The second kappa shape index (κ2) is 13.9. The molecule has 7 nitrogen and oxygen atoms in total. The van der Waals surface area contributed by atoms with Crippen molar-refractivity contribution in [2.45, 2.75) is 44.7 Å². The van der Waals surface area contributed by atoms with Gasteiger partial charge in [-0.25, -0.2) is 8.42 Å². The molecule has 0 radical (unpaired) electrons. The van der Waals surface area contributed by atoms with E-state index in [0.29, 0.717) is 17.1 Å². The third kappa shape index (κ3) is 7.83. The largest absolute Gasteiger partial charge is 0.355 e. The molecule has 0 saturated carbocycles. The summed E-state index contributed by atoms with van der Waals surface area (Å²) in [6.07, 6.45) is 0.284. The molecule has 0 aromatic heterocycles. The van der Waals surface area contributed by atoms with Crippen LogP contribution in [0.25, 0.3) is 0 Å². The number of nitrogens with one attached hydrogen (secondary N) is 1. The van der Waals surface area contributed by atoms with Crippen LogP contribution >= 0.6 is 46.4 Å². The predicted octanol–water partition coefficient (Wildman–Crippen LogP) is 6.75. The number of sulfonamides is 1. The molecular formula is C28H29Cl4N3O4S. The molecule has 1 unspecified atom stereocenters. The first-order valence-electron chi connectivity index (χ1n) is 12.4. The lowest BCUT2D eigenvalue weighted by Crippen LogP contribution is -2.52. The third-order valence-corrected chi connectivity index (χ3v) is 9.06.